The van der Waals surface area contributed by atoms with E-state index in [9.17, 15) is 13.2 Å². The Balaban J connectivity index is 1.70. The van der Waals surface area contributed by atoms with Crippen molar-refractivity contribution in [1.82, 2.24) is 5.32 Å². The van der Waals surface area contributed by atoms with E-state index in [0.717, 1.165) is 31.4 Å². The smallest absolute Gasteiger partial charge is 0.416 e. The molecular formula is C16H20F3NO. The van der Waals surface area contributed by atoms with E-state index in [0.29, 0.717) is 11.8 Å². The van der Waals surface area contributed by atoms with Gasteiger partial charge in [-0.3, -0.25) is 0 Å². The normalized spacial score (nSPS) is 27.6. The van der Waals surface area contributed by atoms with Gasteiger partial charge in [-0.1, -0.05) is 12.8 Å². The lowest BCUT2D eigenvalue weighted by atomic mass is 9.60. The van der Waals surface area contributed by atoms with Crippen LogP contribution in [0.2, 0.25) is 0 Å². The largest absolute Gasteiger partial charge is 0.490 e. The molecule has 2 fully saturated rings. The van der Waals surface area contributed by atoms with Crippen molar-refractivity contribution in [2.45, 2.75) is 50.4 Å². The van der Waals surface area contributed by atoms with Crippen LogP contribution < -0.4 is 10.1 Å². The maximum atomic E-state index is 12.5. The molecule has 21 heavy (non-hydrogen) atoms. The predicted molar refractivity (Wildman–Crippen MR) is 74.2 cm³/mol. The van der Waals surface area contributed by atoms with Gasteiger partial charge in [0.05, 0.1) is 5.56 Å². The number of hydrogen-bond donors (Lipinski definition) is 1. The molecule has 1 N–H and O–H groups in total. The van der Waals surface area contributed by atoms with E-state index in [-0.39, 0.29) is 11.5 Å². The SMILES string of the molecule is CNC1CC(Oc2ccc(C(F)(F)F)cc2)C12CCCC2. The van der Waals surface area contributed by atoms with Gasteiger partial charge >= 0.3 is 6.18 Å². The number of alkyl halides is 3. The molecule has 0 saturated heterocycles. The van der Waals surface area contributed by atoms with Gasteiger partial charge in [0.15, 0.2) is 0 Å². The zero-order valence-electron chi connectivity index (χ0n) is 12.0. The van der Waals surface area contributed by atoms with Crippen molar-refractivity contribution in [3.63, 3.8) is 0 Å². The van der Waals surface area contributed by atoms with Crippen LogP contribution in [0.5, 0.6) is 5.75 Å². The lowest BCUT2D eigenvalue weighted by molar-refractivity contribution is -0.137. The molecule has 2 atom stereocenters. The maximum Gasteiger partial charge on any atom is 0.416 e. The fourth-order valence-corrected chi connectivity index (χ4v) is 3.91. The lowest BCUT2D eigenvalue weighted by Gasteiger charge is -2.53. The first-order valence-corrected chi connectivity index (χ1v) is 7.47. The quantitative estimate of drug-likeness (QED) is 0.910. The third-order valence-electron chi connectivity index (χ3n) is 5.13. The second kappa shape index (κ2) is 5.20. The highest BCUT2D eigenvalue weighted by Gasteiger charge is 2.57. The van der Waals surface area contributed by atoms with Gasteiger partial charge in [-0.15, -0.1) is 0 Å². The van der Waals surface area contributed by atoms with E-state index < -0.39 is 11.7 Å². The summed E-state index contributed by atoms with van der Waals surface area (Å²) in [6.07, 6.45) is 1.47. The average Bonchev–Trinajstić information content (AvgIpc) is 2.95. The van der Waals surface area contributed by atoms with E-state index in [1.54, 1.807) is 0 Å². The molecule has 2 aliphatic carbocycles. The molecule has 116 valence electrons. The molecular weight excluding hydrogens is 279 g/mol. The molecule has 0 amide bonds. The van der Waals surface area contributed by atoms with Crippen LogP contribution in [0, 0.1) is 5.41 Å². The lowest BCUT2D eigenvalue weighted by Crippen LogP contribution is -2.63. The van der Waals surface area contributed by atoms with Gasteiger partial charge in [-0.05, 0) is 44.2 Å². The summed E-state index contributed by atoms with van der Waals surface area (Å²) in [4.78, 5) is 0. The summed E-state index contributed by atoms with van der Waals surface area (Å²) < 4.78 is 43.6. The van der Waals surface area contributed by atoms with Crippen molar-refractivity contribution >= 4 is 0 Å². The fourth-order valence-electron chi connectivity index (χ4n) is 3.91. The van der Waals surface area contributed by atoms with Crippen LogP contribution in [0.15, 0.2) is 24.3 Å². The molecule has 1 spiro atoms. The summed E-state index contributed by atoms with van der Waals surface area (Å²) in [5.41, 5.74) is -0.454. The van der Waals surface area contributed by atoms with Crippen LogP contribution in [-0.4, -0.2) is 19.2 Å². The Hall–Kier alpha value is -1.23. The summed E-state index contributed by atoms with van der Waals surface area (Å²) >= 11 is 0. The number of nitrogens with one attached hydrogen (secondary N) is 1. The molecule has 2 aliphatic rings. The fraction of sp³-hybridized carbons (Fsp3) is 0.625. The molecule has 5 heteroatoms. The number of rotatable bonds is 3. The van der Waals surface area contributed by atoms with Gasteiger partial charge in [0, 0.05) is 17.9 Å². The molecule has 0 aromatic heterocycles. The molecule has 0 aliphatic heterocycles. The summed E-state index contributed by atoms with van der Waals surface area (Å²) in [6.45, 7) is 0. The minimum absolute atomic E-state index is 0.120. The van der Waals surface area contributed by atoms with E-state index in [1.165, 1.54) is 25.0 Å². The minimum atomic E-state index is -4.29. The van der Waals surface area contributed by atoms with Crippen LogP contribution >= 0.6 is 0 Å². The van der Waals surface area contributed by atoms with E-state index in [4.69, 9.17) is 4.74 Å². The number of hydrogen-bond acceptors (Lipinski definition) is 2. The van der Waals surface area contributed by atoms with Crippen LogP contribution in [0.4, 0.5) is 13.2 Å². The first-order chi connectivity index (χ1) is 9.95. The molecule has 0 radical (unpaired) electrons. The Morgan fingerprint density at radius 3 is 2.29 bits per heavy atom. The highest BCUT2D eigenvalue weighted by Crippen LogP contribution is 2.54. The maximum absolute atomic E-state index is 12.5. The molecule has 0 bridgehead atoms. The first-order valence-electron chi connectivity index (χ1n) is 7.47. The van der Waals surface area contributed by atoms with Crippen LogP contribution in [0.3, 0.4) is 0 Å². The van der Waals surface area contributed by atoms with Gasteiger partial charge in [0.2, 0.25) is 0 Å². The Labute approximate surface area is 122 Å². The van der Waals surface area contributed by atoms with Gasteiger partial charge < -0.3 is 10.1 Å². The molecule has 2 nitrogen and oxygen atoms in total. The monoisotopic (exact) mass is 299 g/mol. The summed E-state index contributed by atoms with van der Waals surface area (Å²) in [7, 11) is 1.97. The van der Waals surface area contributed by atoms with Crippen molar-refractivity contribution in [3.05, 3.63) is 29.8 Å². The topological polar surface area (TPSA) is 21.3 Å². The summed E-state index contributed by atoms with van der Waals surface area (Å²) in [6, 6.07) is 5.51. The van der Waals surface area contributed by atoms with E-state index >= 15 is 0 Å². The Morgan fingerprint density at radius 2 is 1.76 bits per heavy atom. The zero-order chi connectivity index (χ0) is 15.1. The highest BCUT2D eigenvalue weighted by molar-refractivity contribution is 5.30. The summed E-state index contributed by atoms with van der Waals surface area (Å²) in [5.74, 6) is 0.536. The summed E-state index contributed by atoms with van der Waals surface area (Å²) in [5, 5.41) is 3.35. The average molecular weight is 299 g/mol. The molecule has 0 heterocycles. The predicted octanol–water partition coefficient (Wildman–Crippen LogP) is 4.00. The molecule has 3 rings (SSSR count). The highest BCUT2D eigenvalue weighted by atomic mass is 19.4. The van der Waals surface area contributed by atoms with Crippen molar-refractivity contribution in [2.75, 3.05) is 7.05 Å². The number of halogens is 3. The number of ether oxygens (including phenoxy) is 1. The zero-order valence-corrected chi connectivity index (χ0v) is 12.0. The van der Waals surface area contributed by atoms with Crippen molar-refractivity contribution < 1.29 is 17.9 Å². The second-order valence-electron chi connectivity index (χ2n) is 6.15. The van der Waals surface area contributed by atoms with E-state index in [1.807, 2.05) is 7.05 Å². The Bertz CT molecular complexity index is 491. The molecule has 2 unspecified atom stereocenters. The van der Waals surface area contributed by atoms with Gasteiger partial charge in [0.25, 0.3) is 0 Å². The first kappa shape index (κ1) is 14.7. The van der Waals surface area contributed by atoms with Crippen LogP contribution in [0.1, 0.15) is 37.7 Å². The van der Waals surface area contributed by atoms with Gasteiger partial charge in [-0.2, -0.15) is 13.2 Å². The molecule has 2 saturated carbocycles. The van der Waals surface area contributed by atoms with Crippen LogP contribution in [-0.2, 0) is 6.18 Å². The third kappa shape index (κ3) is 2.52. The van der Waals surface area contributed by atoms with Crippen molar-refractivity contribution in [1.29, 1.82) is 0 Å². The van der Waals surface area contributed by atoms with Crippen LogP contribution in [0.25, 0.3) is 0 Å². The Morgan fingerprint density at radius 1 is 1.14 bits per heavy atom. The molecule has 1 aromatic carbocycles. The van der Waals surface area contributed by atoms with Crippen molar-refractivity contribution in [2.24, 2.45) is 5.41 Å². The standard InChI is InChI=1S/C16H20F3NO/c1-20-13-10-14(15(13)8-2-3-9-15)21-12-6-4-11(5-7-12)16(17,18)19/h4-7,13-14,20H,2-3,8-10H2,1H3. The second-order valence-corrected chi connectivity index (χ2v) is 6.15. The van der Waals surface area contributed by atoms with E-state index in [2.05, 4.69) is 5.32 Å². The van der Waals surface area contributed by atoms with Gasteiger partial charge in [-0.25, -0.2) is 0 Å². The number of benzene rings is 1. The molecule has 1 aromatic rings. The third-order valence-corrected chi connectivity index (χ3v) is 5.13. The Kier molecular flexibility index (Phi) is 3.64. The van der Waals surface area contributed by atoms with Crippen molar-refractivity contribution in [3.8, 4) is 5.75 Å². The van der Waals surface area contributed by atoms with Gasteiger partial charge in [0.1, 0.15) is 11.9 Å². The minimum Gasteiger partial charge on any atom is -0.490 e.